The molecule has 1 aliphatic rings. The van der Waals surface area contributed by atoms with Gasteiger partial charge in [0, 0.05) is 19.7 Å². The van der Waals surface area contributed by atoms with Crippen molar-refractivity contribution < 1.29 is 22.7 Å². The highest BCUT2D eigenvalue weighted by Gasteiger charge is 2.27. The fourth-order valence-electron chi connectivity index (χ4n) is 3.59. The zero-order valence-electron chi connectivity index (χ0n) is 18.0. The quantitative estimate of drug-likeness (QED) is 0.606. The lowest BCUT2D eigenvalue weighted by molar-refractivity contribution is -0.121. The highest BCUT2D eigenvalue weighted by Crippen LogP contribution is 2.24. The van der Waals surface area contributed by atoms with E-state index in [1.165, 1.54) is 10.4 Å². The number of methoxy groups -OCH3 is 1. The van der Waals surface area contributed by atoms with Gasteiger partial charge in [0.15, 0.2) is 0 Å². The molecule has 0 saturated carbocycles. The molecule has 2 aromatic carbocycles. The van der Waals surface area contributed by atoms with Crippen LogP contribution in [0.5, 0.6) is 5.75 Å². The van der Waals surface area contributed by atoms with Crippen LogP contribution in [0.15, 0.2) is 53.4 Å². The molecule has 0 radical (unpaired) electrons. The van der Waals surface area contributed by atoms with Crippen molar-refractivity contribution in [3.8, 4) is 5.75 Å². The van der Waals surface area contributed by atoms with Crippen LogP contribution >= 0.6 is 0 Å². The molecule has 7 nitrogen and oxygen atoms in total. The molecule has 0 unspecified atom stereocenters. The fraction of sp³-hybridized carbons (Fsp3) is 0.435. The van der Waals surface area contributed by atoms with Gasteiger partial charge in [0.05, 0.1) is 24.7 Å². The van der Waals surface area contributed by atoms with Crippen molar-refractivity contribution in [2.45, 2.75) is 37.2 Å². The maximum atomic E-state index is 13.4. The van der Waals surface area contributed by atoms with Crippen LogP contribution in [0.2, 0.25) is 0 Å². The summed E-state index contributed by atoms with van der Waals surface area (Å²) in [5.74, 6) is 0.279. The van der Waals surface area contributed by atoms with Crippen LogP contribution in [0.25, 0.3) is 0 Å². The van der Waals surface area contributed by atoms with E-state index >= 15 is 0 Å². The van der Waals surface area contributed by atoms with Crippen molar-refractivity contribution in [1.29, 1.82) is 0 Å². The largest absolute Gasteiger partial charge is 0.496 e. The van der Waals surface area contributed by atoms with E-state index in [-0.39, 0.29) is 30.0 Å². The van der Waals surface area contributed by atoms with E-state index in [2.05, 4.69) is 5.32 Å². The first-order valence-corrected chi connectivity index (χ1v) is 11.9. The van der Waals surface area contributed by atoms with E-state index in [1.54, 1.807) is 26.2 Å². The number of sulfonamides is 1. The molecule has 1 fully saturated rings. The van der Waals surface area contributed by atoms with E-state index in [9.17, 15) is 13.2 Å². The highest BCUT2D eigenvalue weighted by molar-refractivity contribution is 7.89. The number of carbonyl (C=O) groups is 1. The summed E-state index contributed by atoms with van der Waals surface area (Å²) in [7, 11) is -2.32. The maximum absolute atomic E-state index is 13.4. The second-order valence-corrected chi connectivity index (χ2v) is 9.58. The smallest absolute Gasteiger partial charge is 0.243 e. The molecule has 0 spiro atoms. The highest BCUT2D eigenvalue weighted by atomic mass is 32.2. The molecule has 31 heavy (non-hydrogen) atoms. The van der Waals surface area contributed by atoms with Crippen LogP contribution in [0.1, 0.15) is 24.0 Å². The summed E-state index contributed by atoms with van der Waals surface area (Å²) >= 11 is 0. The minimum atomic E-state index is -3.87. The second-order valence-electron chi connectivity index (χ2n) is 7.64. The predicted molar refractivity (Wildman–Crippen MR) is 119 cm³/mol. The molecular weight excluding hydrogens is 416 g/mol. The van der Waals surface area contributed by atoms with Crippen molar-refractivity contribution in [1.82, 2.24) is 9.62 Å². The minimum absolute atomic E-state index is 0.00237. The lowest BCUT2D eigenvalue weighted by Gasteiger charge is -2.23. The summed E-state index contributed by atoms with van der Waals surface area (Å²) in [6.45, 7) is 2.85. The van der Waals surface area contributed by atoms with Gasteiger partial charge in [-0.2, -0.15) is 4.31 Å². The normalized spacial score (nSPS) is 16.4. The number of hydrogen-bond donors (Lipinski definition) is 1. The van der Waals surface area contributed by atoms with Crippen LogP contribution < -0.4 is 10.1 Å². The summed E-state index contributed by atoms with van der Waals surface area (Å²) < 4.78 is 38.8. The van der Waals surface area contributed by atoms with Crippen molar-refractivity contribution in [2.75, 3.05) is 33.4 Å². The van der Waals surface area contributed by atoms with Crippen molar-refractivity contribution in [3.63, 3.8) is 0 Å². The Morgan fingerprint density at radius 3 is 2.65 bits per heavy atom. The first-order valence-electron chi connectivity index (χ1n) is 10.5. The monoisotopic (exact) mass is 446 g/mol. The Bertz CT molecular complexity index is 973. The predicted octanol–water partition coefficient (Wildman–Crippen LogP) is 2.53. The zero-order chi connectivity index (χ0) is 22.3. The number of benzene rings is 2. The van der Waals surface area contributed by atoms with Gasteiger partial charge in [0.1, 0.15) is 5.75 Å². The zero-order valence-corrected chi connectivity index (χ0v) is 18.9. The third kappa shape index (κ3) is 6.29. The lowest BCUT2D eigenvalue weighted by Crippen LogP contribution is -2.43. The van der Waals surface area contributed by atoms with E-state index < -0.39 is 10.0 Å². The Kier molecular flexibility index (Phi) is 8.06. The SMILES string of the molecule is COc1ccc(S(=O)(=O)N(CCc2ccccc2)CC(=O)NC[C@@H]2CCCO2)cc1C. The molecule has 0 bridgehead atoms. The molecule has 1 aliphatic heterocycles. The van der Waals surface area contributed by atoms with Gasteiger partial charge >= 0.3 is 0 Å². The molecule has 168 valence electrons. The van der Waals surface area contributed by atoms with Crippen molar-refractivity contribution >= 4 is 15.9 Å². The first-order chi connectivity index (χ1) is 14.9. The van der Waals surface area contributed by atoms with Gasteiger partial charge in [-0.25, -0.2) is 8.42 Å². The summed E-state index contributed by atoms with van der Waals surface area (Å²) in [6.07, 6.45) is 2.40. The summed E-state index contributed by atoms with van der Waals surface area (Å²) in [6, 6.07) is 14.4. The molecule has 1 saturated heterocycles. The number of nitrogens with one attached hydrogen (secondary N) is 1. The number of ether oxygens (including phenoxy) is 2. The van der Waals surface area contributed by atoms with Crippen molar-refractivity contribution in [2.24, 2.45) is 0 Å². The third-order valence-electron chi connectivity index (χ3n) is 5.37. The van der Waals surface area contributed by atoms with Crippen LogP contribution in [0.3, 0.4) is 0 Å². The van der Waals surface area contributed by atoms with Crippen LogP contribution in [0, 0.1) is 6.92 Å². The van der Waals surface area contributed by atoms with E-state index in [0.717, 1.165) is 24.0 Å². The van der Waals surface area contributed by atoms with Gasteiger partial charge in [0.2, 0.25) is 15.9 Å². The van der Waals surface area contributed by atoms with Gasteiger partial charge in [0.25, 0.3) is 0 Å². The summed E-state index contributed by atoms with van der Waals surface area (Å²) in [5.41, 5.74) is 1.72. The number of rotatable bonds is 10. The van der Waals surface area contributed by atoms with Gasteiger partial charge < -0.3 is 14.8 Å². The third-order valence-corrected chi connectivity index (χ3v) is 7.21. The molecule has 8 heteroatoms. The van der Waals surface area contributed by atoms with Gasteiger partial charge in [-0.3, -0.25) is 4.79 Å². The second kappa shape index (κ2) is 10.7. The Balaban J connectivity index is 1.76. The van der Waals surface area contributed by atoms with Crippen LogP contribution in [-0.4, -0.2) is 58.1 Å². The van der Waals surface area contributed by atoms with E-state index in [1.807, 2.05) is 30.3 Å². The van der Waals surface area contributed by atoms with Crippen molar-refractivity contribution in [3.05, 3.63) is 59.7 Å². The summed E-state index contributed by atoms with van der Waals surface area (Å²) in [4.78, 5) is 12.7. The first kappa shape index (κ1) is 23.2. The topological polar surface area (TPSA) is 84.9 Å². The maximum Gasteiger partial charge on any atom is 0.243 e. The average molecular weight is 447 g/mol. The molecule has 2 aromatic rings. The number of hydrogen-bond acceptors (Lipinski definition) is 5. The molecule has 1 N–H and O–H groups in total. The Hall–Kier alpha value is -2.42. The molecule has 3 rings (SSSR count). The molecule has 1 heterocycles. The van der Waals surface area contributed by atoms with Gasteiger partial charge in [-0.05, 0) is 55.5 Å². The Labute approximate surface area is 184 Å². The molecule has 0 aromatic heterocycles. The number of nitrogens with zero attached hydrogens (tertiary/aromatic N) is 1. The van der Waals surface area contributed by atoms with Gasteiger partial charge in [-0.1, -0.05) is 30.3 Å². The van der Waals surface area contributed by atoms with Crippen LogP contribution in [-0.2, 0) is 26.0 Å². The number of aryl methyl sites for hydroxylation is 1. The molecule has 1 amide bonds. The number of carbonyl (C=O) groups excluding carboxylic acids is 1. The summed E-state index contributed by atoms with van der Waals surface area (Å²) in [5, 5.41) is 2.82. The molecule has 0 aliphatic carbocycles. The Morgan fingerprint density at radius 2 is 2.00 bits per heavy atom. The number of amides is 1. The minimum Gasteiger partial charge on any atom is -0.496 e. The lowest BCUT2D eigenvalue weighted by atomic mass is 10.1. The average Bonchev–Trinajstić information content (AvgIpc) is 3.29. The molecular formula is C23H30N2O5S. The standard InChI is InChI=1S/C23H30N2O5S/c1-18-15-21(10-11-22(18)29-2)31(27,28)25(13-12-19-7-4-3-5-8-19)17-23(26)24-16-20-9-6-14-30-20/h3-5,7-8,10-11,15,20H,6,9,12-14,16-17H2,1-2H3,(H,24,26)/t20-/m0/s1. The molecule has 1 atom stereocenters. The van der Waals surface area contributed by atoms with E-state index in [4.69, 9.17) is 9.47 Å². The van der Waals surface area contributed by atoms with Crippen LogP contribution in [0.4, 0.5) is 0 Å². The van der Waals surface area contributed by atoms with E-state index in [0.29, 0.717) is 25.3 Å². The van der Waals surface area contributed by atoms with Gasteiger partial charge in [-0.15, -0.1) is 0 Å². The fourth-order valence-corrected chi connectivity index (χ4v) is 5.07. The Morgan fingerprint density at radius 1 is 1.23 bits per heavy atom.